The second-order valence-electron chi connectivity index (χ2n) is 5.39. The summed E-state index contributed by atoms with van der Waals surface area (Å²) < 4.78 is 0. The Morgan fingerprint density at radius 3 is 2.65 bits per heavy atom. The highest BCUT2D eigenvalue weighted by molar-refractivity contribution is 6.31. The summed E-state index contributed by atoms with van der Waals surface area (Å²) >= 11 is 5.95. The van der Waals surface area contributed by atoms with Gasteiger partial charge in [-0.15, -0.1) is 0 Å². The Morgan fingerprint density at radius 2 is 2.10 bits per heavy atom. The van der Waals surface area contributed by atoms with Gasteiger partial charge in [0.15, 0.2) is 0 Å². The summed E-state index contributed by atoms with van der Waals surface area (Å²) in [5.41, 5.74) is 1.41. The van der Waals surface area contributed by atoms with Crippen LogP contribution in [0.25, 0.3) is 0 Å². The van der Waals surface area contributed by atoms with Crippen molar-refractivity contribution in [3.63, 3.8) is 0 Å². The van der Waals surface area contributed by atoms with Crippen LogP contribution in [0, 0.1) is 12.8 Å². The summed E-state index contributed by atoms with van der Waals surface area (Å²) in [7, 11) is 0. The maximum atomic E-state index is 12.6. The van der Waals surface area contributed by atoms with Gasteiger partial charge in [0.05, 0.1) is 5.92 Å². The van der Waals surface area contributed by atoms with Crippen molar-refractivity contribution in [3.8, 4) is 0 Å². The molecule has 0 bridgehead atoms. The monoisotopic (exact) mass is 295 g/mol. The molecule has 1 fully saturated rings. The van der Waals surface area contributed by atoms with Crippen LogP contribution in [0.4, 0.5) is 0 Å². The fourth-order valence-electron chi connectivity index (χ4n) is 2.14. The predicted molar refractivity (Wildman–Crippen MR) is 77.0 cm³/mol. The van der Waals surface area contributed by atoms with Gasteiger partial charge in [-0.1, -0.05) is 24.6 Å². The lowest BCUT2D eigenvalue weighted by Crippen LogP contribution is -2.38. The third-order valence-electron chi connectivity index (χ3n) is 3.57. The molecule has 0 aromatic heterocycles. The van der Waals surface area contributed by atoms with E-state index in [1.54, 1.807) is 30.0 Å². The van der Waals surface area contributed by atoms with Gasteiger partial charge in [0, 0.05) is 23.2 Å². The SMILES string of the molecule is Cc1ccc(Cl)cc1C(=O)N(CC(C)C(=O)O)C1CC1. The molecule has 1 aromatic rings. The van der Waals surface area contributed by atoms with E-state index in [1.807, 2.05) is 6.92 Å². The van der Waals surface area contributed by atoms with Crippen LogP contribution < -0.4 is 0 Å². The van der Waals surface area contributed by atoms with Crippen molar-refractivity contribution in [1.29, 1.82) is 0 Å². The standard InChI is InChI=1S/C15H18ClNO3/c1-9-3-4-11(16)7-13(9)14(18)17(12-5-6-12)8-10(2)15(19)20/h3-4,7,10,12H,5-6,8H2,1-2H3,(H,19,20). The molecule has 0 heterocycles. The number of aliphatic carboxylic acids is 1. The lowest BCUT2D eigenvalue weighted by molar-refractivity contribution is -0.141. The molecule has 20 heavy (non-hydrogen) atoms. The van der Waals surface area contributed by atoms with E-state index in [9.17, 15) is 9.59 Å². The average Bonchev–Trinajstić information content (AvgIpc) is 3.22. The van der Waals surface area contributed by atoms with E-state index in [1.165, 1.54) is 0 Å². The third kappa shape index (κ3) is 3.31. The molecule has 1 atom stereocenters. The highest BCUT2D eigenvalue weighted by Gasteiger charge is 2.35. The first-order valence-corrected chi connectivity index (χ1v) is 7.08. The number of carboxylic acids is 1. The number of hydrogen-bond acceptors (Lipinski definition) is 2. The molecule has 1 aliphatic rings. The molecule has 1 saturated carbocycles. The van der Waals surface area contributed by atoms with Gasteiger partial charge >= 0.3 is 5.97 Å². The van der Waals surface area contributed by atoms with Crippen LogP contribution in [-0.2, 0) is 4.79 Å². The van der Waals surface area contributed by atoms with Gasteiger partial charge in [-0.3, -0.25) is 9.59 Å². The number of carbonyl (C=O) groups excluding carboxylic acids is 1. The second-order valence-corrected chi connectivity index (χ2v) is 5.82. The molecule has 2 rings (SSSR count). The first kappa shape index (κ1) is 14.9. The zero-order valence-electron chi connectivity index (χ0n) is 11.6. The number of benzene rings is 1. The number of hydrogen-bond donors (Lipinski definition) is 1. The average molecular weight is 296 g/mol. The Balaban J connectivity index is 2.23. The van der Waals surface area contributed by atoms with E-state index in [2.05, 4.69) is 0 Å². The molecule has 108 valence electrons. The Bertz CT molecular complexity index is 540. The van der Waals surface area contributed by atoms with E-state index in [-0.39, 0.29) is 18.5 Å². The van der Waals surface area contributed by atoms with Crippen molar-refractivity contribution in [2.45, 2.75) is 32.7 Å². The van der Waals surface area contributed by atoms with E-state index in [0.717, 1.165) is 18.4 Å². The van der Waals surface area contributed by atoms with Crippen LogP contribution in [-0.4, -0.2) is 34.5 Å². The molecular formula is C15H18ClNO3. The quantitative estimate of drug-likeness (QED) is 0.908. The first-order chi connectivity index (χ1) is 9.40. The third-order valence-corrected chi connectivity index (χ3v) is 3.81. The highest BCUT2D eigenvalue weighted by atomic mass is 35.5. The molecule has 1 aromatic carbocycles. The fourth-order valence-corrected chi connectivity index (χ4v) is 2.31. The zero-order chi connectivity index (χ0) is 14.9. The van der Waals surface area contributed by atoms with Crippen LogP contribution in [0.1, 0.15) is 35.7 Å². The summed E-state index contributed by atoms with van der Waals surface area (Å²) in [4.78, 5) is 25.3. The van der Waals surface area contributed by atoms with Crippen molar-refractivity contribution in [2.24, 2.45) is 5.92 Å². The van der Waals surface area contributed by atoms with Crippen molar-refractivity contribution in [3.05, 3.63) is 34.3 Å². The molecule has 5 heteroatoms. The molecule has 1 unspecified atom stereocenters. The summed E-state index contributed by atoms with van der Waals surface area (Å²) in [6.07, 6.45) is 1.88. The van der Waals surface area contributed by atoms with Crippen molar-refractivity contribution >= 4 is 23.5 Å². The lowest BCUT2D eigenvalue weighted by atomic mass is 10.1. The summed E-state index contributed by atoms with van der Waals surface area (Å²) in [6.45, 7) is 3.72. The van der Waals surface area contributed by atoms with Gasteiger partial charge in [-0.25, -0.2) is 0 Å². The fraction of sp³-hybridized carbons (Fsp3) is 0.467. The highest BCUT2D eigenvalue weighted by Crippen LogP contribution is 2.30. The Labute approximate surface area is 123 Å². The number of carboxylic acid groups (broad SMARTS) is 1. The number of carbonyl (C=O) groups is 2. The minimum atomic E-state index is -0.883. The van der Waals surface area contributed by atoms with Gasteiger partial charge < -0.3 is 10.0 Å². The number of halogens is 1. The minimum Gasteiger partial charge on any atom is -0.481 e. The van der Waals surface area contributed by atoms with Crippen LogP contribution in [0.2, 0.25) is 5.02 Å². The molecule has 0 spiro atoms. The van der Waals surface area contributed by atoms with Gasteiger partial charge in [0.25, 0.3) is 5.91 Å². The largest absolute Gasteiger partial charge is 0.481 e. The Hall–Kier alpha value is -1.55. The van der Waals surface area contributed by atoms with Crippen molar-refractivity contribution in [2.75, 3.05) is 6.54 Å². The molecule has 0 aliphatic heterocycles. The molecule has 4 nitrogen and oxygen atoms in total. The number of amides is 1. The molecule has 0 saturated heterocycles. The molecule has 0 radical (unpaired) electrons. The summed E-state index contributed by atoms with van der Waals surface area (Å²) in [5.74, 6) is -1.58. The first-order valence-electron chi connectivity index (χ1n) is 6.70. The smallest absolute Gasteiger partial charge is 0.308 e. The van der Waals surface area contributed by atoms with E-state index >= 15 is 0 Å². The van der Waals surface area contributed by atoms with Gasteiger partial charge in [0.1, 0.15) is 0 Å². The lowest BCUT2D eigenvalue weighted by Gasteiger charge is -2.25. The second kappa shape index (κ2) is 5.83. The normalized spacial score (nSPS) is 15.8. The molecule has 1 amide bonds. The van der Waals surface area contributed by atoms with Crippen LogP contribution in [0.15, 0.2) is 18.2 Å². The van der Waals surface area contributed by atoms with Crippen LogP contribution in [0.5, 0.6) is 0 Å². The van der Waals surface area contributed by atoms with E-state index < -0.39 is 11.9 Å². The van der Waals surface area contributed by atoms with Crippen LogP contribution in [0.3, 0.4) is 0 Å². The van der Waals surface area contributed by atoms with Gasteiger partial charge in [-0.05, 0) is 37.5 Å². The zero-order valence-corrected chi connectivity index (χ0v) is 12.4. The van der Waals surface area contributed by atoms with E-state index in [0.29, 0.717) is 10.6 Å². The van der Waals surface area contributed by atoms with Crippen molar-refractivity contribution < 1.29 is 14.7 Å². The minimum absolute atomic E-state index is 0.124. The molecule has 1 aliphatic carbocycles. The van der Waals surface area contributed by atoms with E-state index in [4.69, 9.17) is 16.7 Å². The maximum Gasteiger partial charge on any atom is 0.308 e. The number of rotatable bonds is 5. The van der Waals surface area contributed by atoms with Crippen molar-refractivity contribution in [1.82, 2.24) is 4.90 Å². The topological polar surface area (TPSA) is 57.6 Å². The predicted octanol–water partition coefficient (Wildman–Crippen LogP) is 2.97. The summed E-state index contributed by atoms with van der Waals surface area (Å²) in [5, 5.41) is 9.54. The summed E-state index contributed by atoms with van der Waals surface area (Å²) in [6, 6.07) is 5.37. The Morgan fingerprint density at radius 1 is 1.45 bits per heavy atom. The molecule has 1 N–H and O–H groups in total. The number of aryl methyl sites for hydroxylation is 1. The Kier molecular flexibility index (Phi) is 4.33. The van der Waals surface area contributed by atoms with Gasteiger partial charge in [0.2, 0.25) is 0 Å². The molecular weight excluding hydrogens is 278 g/mol. The van der Waals surface area contributed by atoms with Gasteiger partial charge in [-0.2, -0.15) is 0 Å². The maximum absolute atomic E-state index is 12.6. The number of nitrogens with zero attached hydrogens (tertiary/aromatic N) is 1. The van der Waals surface area contributed by atoms with Crippen LogP contribution >= 0.6 is 11.6 Å².